The predicted octanol–water partition coefficient (Wildman–Crippen LogP) is 3.93. The van der Waals surface area contributed by atoms with E-state index in [1.54, 1.807) is 13.2 Å². The number of halogens is 1. The van der Waals surface area contributed by atoms with Gasteiger partial charge in [0.15, 0.2) is 0 Å². The summed E-state index contributed by atoms with van der Waals surface area (Å²) in [7, 11) is 1.63. The van der Waals surface area contributed by atoms with Gasteiger partial charge in [-0.05, 0) is 42.5 Å². The van der Waals surface area contributed by atoms with Gasteiger partial charge in [0.2, 0.25) is 0 Å². The first-order chi connectivity index (χ1) is 12.7. The summed E-state index contributed by atoms with van der Waals surface area (Å²) in [5.41, 5.74) is 2.12. The largest absolute Gasteiger partial charge is 0.497 e. The first kappa shape index (κ1) is 17.5. The molecule has 138 valence electrons. The maximum Gasteiger partial charge on any atom is 0.127 e. The molecule has 0 aromatic heterocycles. The van der Waals surface area contributed by atoms with Crippen LogP contribution in [0.5, 0.6) is 5.75 Å². The van der Waals surface area contributed by atoms with Gasteiger partial charge in [-0.1, -0.05) is 30.3 Å². The summed E-state index contributed by atoms with van der Waals surface area (Å²) in [6, 6.07) is 16.3. The zero-order chi connectivity index (χ0) is 17.9. The number of benzene rings is 2. The zero-order valence-electron chi connectivity index (χ0n) is 15.4. The van der Waals surface area contributed by atoms with E-state index in [2.05, 4.69) is 40.1 Å². The van der Waals surface area contributed by atoms with Crippen LogP contribution in [0, 0.1) is 11.7 Å². The molecule has 0 N–H and O–H groups in total. The Kier molecular flexibility index (Phi) is 5.23. The Bertz CT molecular complexity index is 736. The molecule has 2 aromatic carbocycles. The summed E-state index contributed by atoms with van der Waals surface area (Å²) in [4.78, 5) is 5.07. The van der Waals surface area contributed by atoms with Crippen LogP contribution in [-0.2, 0) is 13.1 Å². The van der Waals surface area contributed by atoms with Gasteiger partial charge < -0.3 is 4.74 Å². The summed E-state index contributed by atoms with van der Waals surface area (Å²) in [5, 5.41) is 0. The quantitative estimate of drug-likeness (QED) is 0.809. The summed E-state index contributed by atoms with van der Waals surface area (Å²) < 4.78 is 19.6. The molecule has 0 aliphatic carbocycles. The van der Waals surface area contributed by atoms with Gasteiger partial charge in [-0.25, -0.2) is 4.39 Å². The molecule has 5 rings (SSSR count). The van der Waals surface area contributed by atoms with E-state index in [0.29, 0.717) is 18.5 Å². The lowest BCUT2D eigenvalue weighted by Crippen LogP contribution is -2.43. The van der Waals surface area contributed by atoms with Crippen LogP contribution in [0.2, 0.25) is 0 Å². The van der Waals surface area contributed by atoms with E-state index in [9.17, 15) is 4.39 Å². The SMILES string of the molecule is COc1ccc(F)c(CN2C[C@H]3CC[C@@H]2CN(Cc2ccccc2)C3)c1. The van der Waals surface area contributed by atoms with Crippen molar-refractivity contribution in [1.82, 2.24) is 9.80 Å². The number of fused-ring (bicyclic) bond motifs is 4. The molecule has 26 heavy (non-hydrogen) atoms. The van der Waals surface area contributed by atoms with Crippen LogP contribution >= 0.6 is 0 Å². The minimum absolute atomic E-state index is 0.132. The van der Waals surface area contributed by atoms with E-state index in [-0.39, 0.29) is 5.82 Å². The van der Waals surface area contributed by atoms with Crippen molar-refractivity contribution in [2.45, 2.75) is 32.0 Å². The lowest BCUT2D eigenvalue weighted by Gasteiger charge is -2.36. The molecule has 3 aliphatic rings. The van der Waals surface area contributed by atoms with E-state index in [1.165, 1.54) is 24.5 Å². The molecule has 3 heterocycles. The average molecular weight is 354 g/mol. The monoisotopic (exact) mass is 354 g/mol. The van der Waals surface area contributed by atoms with Gasteiger partial charge in [-0.2, -0.15) is 0 Å². The van der Waals surface area contributed by atoms with Crippen molar-refractivity contribution < 1.29 is 9.13 Å². The van der Waals surface area contributed by atoms with E-state index in [0.717, 1.165) is 37.5 Å². The van der Waals surface area contributed by atoms with Crippen LogP contribution in [0.25, 0.3) is 0 Å². The van der Waals surface area contributed by atoms with Gasteiger partial charge in [-0.3, -0.25) is 9.80 Å². The van der Waals surface area contributed by atoms with Crippen LogP contribution in [0.1, 0.15) is 24.0 Å². The third kappa shape index (κ3) is 3.92. The standard InChI is InChI=1S/C22H27FN2O/c1-26-21-9-10-22(23)19(11-21)15-25-14-18-7-8-20(25)16-24(13-18)12-17-5-3-2-4-6-17/h2-6,9-11,18,20H,7-8,12-16H2,1H3/t18-,20+/m0/s1. The Labute approximate surface area is 155 Å². The number of hydrogen-bond donors (Lipinski definition) is 0. The highest BCUT2D eigenvalue weighted by atomic mass is 19.1. The Hall–Kier alpha value is -1.91. The predicted molar refractivity (Wildman–Crippen MR) is 102 cm³/mol. The van der Waals surface area contributed by atoms with E-state index in [1.807, 2.05) is 6.07 Å². The van der Waals surface area contributed by atoms with Crippen LogP contribution < -0.4 is 4.74 Å². The van der Waals surface area contributed by atoms with Gasteiger partial charge in [0, 0.05) is 44.3 Å². The summed E-state index contributed by atoms with van der Waals surface area (Å²) in [5.74, 6) is 1.27. The molecular weight excluding hydrogens is 327 g/mol. The highest BCUT2D eigenvalue weighted by Gasteiger charge is 2.34. The Morgan fingerprint density at radius 1 is 1.00 bits per heavy atom. The molecule has 0 spiro atoms. The second kappa shape index (κ2) is 7.77. The fraction of sp³-hybridized carbons (Fsp3) is 0.455. The number of hydrogen-bond acceptors (Lipinski definition) is 3. The van der Waals surface area contributed by atoms with Crippen LogP contribution in [0.15, 0.2) is 48.5 Å². The second-order valence-corrected chi connectivity index (χ2v) is 7.66. The first-order valence-electron chi connectivity index (χ1n) is 9.54. The maximum absolute atomic E-state index is 14.3. The molecule has 2 bridgehead atoms. The van der Waals surface area contributed by atoms with Crippen molar-refractivity contribution in [3.63, 3.8) is 0 Å². The lowest BCUT2D eigenvalue weighted by atomic mass is 9.94. The summed E-state index contributed by atoms with van der Waals surface area (Å²) in [6.45, 7) is 4.95. The number of rotatable bonds is 5. The second-order valence-electron chi connectivity index (χ2n) is 7.66. The molecule has 0 amide bonds. The van der Waals surface area contributed by atoms with Crippen LogP contribution in [-0.4, -0.2) is 42.6 Å². The number of methoxy groups -OCH3 is 1. The van der Waals surface area contributed by atoms with Gasteiger partial charge in [0.25, 0.3) is 0 Å². The Morgan fingerprint density at radius 3 is 2.65 bits per heavy atom. The van der Waals surface area contributed by atoms with E-state index in [4.69, 9.17) is 4.74 Å². The van der Waals surface area contributed by atoms with Gasteiger partial charge in [-0.15, -0.1) is 0 Å². The molecule has 0 unspecified atom stereocenters. The highest BCUT2D eigenvalue weighted by Crippen LogP contribution is 2.31. The Balaban J connectivity index is 1.47. The molecule has 3 fully saturated rings. The van der Waals surface area contributed by atoms with Crippen LogP contribution in [0.3, 0.4) is 0 Å². The minimum atomic E-state index is -0.132. The zero-order valence-corrected chi connectivity index (χ0v) is 15.4. The van der Waals surface area contributed by atoms with E-state index >= 15 is 0 Å². The molecule has 0 radical (unpaired) electrons. The van der Waals surface area contributed by atoms with Crippen LogP contribution in [0.4, 0.5) is 4.39 Å². The van der Waals surface area contributed by atoms with E-state index < -0.39 is 0 Å². The molecule has 3 saturated heterocycles. The summed E-state index contributed by atoms with van der Waals surface area (Å²) in [6.07, 6.45) is 2.49. The summed E-state index contributed by atoms with van der Waals surface area (Å²) >= 11 is 0. The number of piperidine rings is 1. The number of nitrogens with zero attached hydrogens (tertiary/aromatic N) is 2. The molecular formula is C22H27FN2O. The molecule has 4 heteroatoms. The smallest absolute Gasteiger partial charge is 0.127 e. The third-order valence-corrected chi connectivity index (χ3v) is 5.78. The molecule has 3 nitrogen and oxygen atoms in total. The fourth-order valence-corrected chi connectivity index (χ4v) is 4.46. The van der Waals surface area contributed by atoms with Crippen molar-refractivity contribution in [3.8, 4) is 5.75 Å². The van der Waals surface area contributed by atoms with Gasteiger partial charge >= 0.3 is 0 Å². The third-order valence-electron chi connectivity index (χ3n) is 5.78. The average Bonchev–Trinajstić information content (AvgIpc) is 2.95. The van der Waals surface area contributed by atoms with Crippen molar-refractivity contribution >= 4 is 0 Å². The molecule has 0 saturated carbocycles. The normalized spacial score (nSPS) is 23.8. The van der Waals surface area contributed by atoms with Crippen molar-refractivity contribution in [3.05, 3.63) is 65.5 Å². The lowest BCUT2D eigenvalue weighted by molar-refractivity contribution is 0.121. The molecule has 2 aromatic rings. The fourth-order valence-electron chi connectivity index (χ4n) is 4.46. The maximum atomic E-state index is 14.3. The molecule has 2 atom stereocenters. The highest BCUT2D eigenvalue weighted by molar-refractivity contribution is 5.30. The van der Waals surface area contributed by atoms with Crippen molar-refractivity contribution in [2.75, 3.05) is 26.7 Å². The molecule has 3 aliphatic heterocycles. The van der Waals surface area contributed by atoms with Crippen molar-refractivity contribution in [1.29, 1.82) is 0 Å². The van der Waals surface area contributed by atoms with Gasteiger partial charge in [0.05, 0.1) is 7.11 Å². The van der Waals surface area contributed by atoms with Crippen molar-refractivity contribution in [2.24, 2.45) is 5.92 Å². The topological polar surface area (TPSA) is 15.7 Å². The first-order valence-corrected chi connectivity index (χ1v) is 9.54. The number of ether oxygens (including phenoxy) is 1. The minimum Gasteiger partial charge on any atom is -0.497 e. The Morgan fingerprint density at radius 2 is 1.85 bits per heavy atom. The van der Waals surface area contributed by atoms with Gasteiger partial charge in [0.1, 0.15) is 11.6 Å².